The smallest absolute Gasteiger partial charge is 0.132 e. The molecule has 0 unspecified atom stereocenters. The Kier molecular flexibility index (Phi) is 3.78. The van der Waals surface area contributed by atoms with Gasteiger partial charge in [-0.15, -0.1) is 11.3 Å². The highest BCUT2D eigenvalue weighted by Crippen LogP contribution is 2.37. The summed E-state index contributed by atoms with van der Waals surface area (Å²) in [6, 6.07) is 9.16. The molecule has 0 saturated carbocycles. The van der Waals surface area contributed by atoms with Gasteiger partial charge >= 0.3 is 0 Å². The third-order valence-corrected chi connectivity index (χ3v) is 5.00. The number of nitrogen functional groups attached to an aromatic ring is 1. The van der Waals surface area contributed by atoms with Crippen molar-refractivity contribution in [2.45, 2.75) is 0 Å². The predicted molar refractivity (Wildman–Crippen MR) is 84.7 cm³/mol. The van der Waals surface area contributed by atoms with Gasteiger partial charge in [0.1, 0.15) is 13.0 Å². The number of amidine groups is 1. The van der Waals surface area contributed by atoms with Crippen LogP contribution in [0.4, 0.5) is 10.7 Å². The van der Waals surface area contributed by atoms with Gasteiger partial charge in [0, 0.05) is 5.30 Å². The molecule has 1 aromatic heterocycles. The molecule has 0 radical (unpaired) electrons. The van der Waals surface area contributed by atoms with Crippen molar-refractivity contribution in [1.82, 2.24) is 0 Å². The summed E-state index contributed by atoms with van der Waals surface area (Å²) >= 11 is 1.40. The molecule has 19 heavy (non-hydrogen) atoms. The van der Waals surface area contributed by atoms with Crippen molar-refractivity contribution in [3.8, 4) is 0 Å². The number of para-hydroxylation sites is 1. The third kappa shape index (κ3) is 3.06. The number of benzene rings is 1. The number of thiophene rings is 1. The van der Waals surface area contributed by atoms with Gasteiger partial charge in [0.15, 0.2) is 0 Å². The van der Waals surface area contributed by atoms with Crippen LogP contribution < -0.4 is 16.4 Å². The van der Waals surface area contributed by atoms with E-state index in [9.17, 15) is 4.57 Å². The van der Waals surface area contributed by atoms with E-state index in [1.54, 1.807) is 19.4 Å². The van der Waals surface area contributed by atoms with E-state index in [1.807, 2.05) is 29.6 Å². The fourth-order valence-corrected chi connectivity index (χ4v) is 3.58. The molecule has 0 saturated heterocycles. The molecule has 4 N–H and O–H groups in total. The maximum Gasteiger partial charge on any atom is 0.132 e. The average Bonchev–Trinajstić information content (AvgIpc) is 2.75. The van der Waals surface area contributed by atoms with Crippen LogP contribution >= 0.6 is 18.5 Å². The van der Waals surface area contributed by atoms with Crippen molar-refractivity contribution < 1.29 is 4.57 Å². The molecule has 0 amide bonds. The number of nitrogens with one attached hydrogen (secondary N) is 2. The first-order chi connectivity index (χ1) is 8.89. The average molecular weight is 293 g/mol. The lowest BCUT2D eigenvalue weighted by molar-refractivity contribution is 0.588. The fourth-order valence-electron chi connectivity index (χ4n) is 1.78. The first-order valence-corrected chi connectivity index (χ1v) is 9.21. The lowest BCUT2D eigenvalue weighted by Gasteiger charge is -2.15. The molecule has 1 aromatic carbocycles. The topological polar surface area (TPSA) is 79.0 Å². The van der Waals surface area contributed by atoms with Gasteiger partial charge in [-0.1, -0.05) is 12.1 Å². The molecular formula is C13H16N3OPS. The quantitative estimate of drug-likeness (QED) is 0.462. The molecule has 1 heterocycles. The lowest BCUT2D eigenvalue weighted by atomic mass is 10.2. The molecule has 4 nitrogen and oxygen atoms in total. The zero-order valence-electron chi connectivity index (χ0n) is 10.8. The minimum absolute atomic E-state index is 0.222. The van der Waals surface area contributed by atoms with E-state index in [2.05, 4.69) is 5.32 Å². The molecule has 2 aromatic rings. The standard InChI is InChI=1S/C13H16N3OPS/c1-18(2,17)11-6-4-3-5-10(11)16-12(14)9-7-8-19-13(9)15/h3-8H,15H2,1-2H3,(H2,14,16). The summed E-state index contributed by atoms with van der Waals surface area (Å²) in [6.45, 7) is 3.44. The maximum atomic E-state index is 12.2. The third-order valence-electron chi connectivity index (χ3n) is 2.71. The molecular weight excluding hydrogens is 277 g/mol. The number of rotatable bonds is 3. The molecule has 0 aliphatic rings. The maximum absolute atomic E-state index is 12.2. The minimum atomic E-state index is -2.39. The van der Waals surface area contributed by atoms with Gasteiger partial charge in [-0.2, -0.15) is 0 Å². The van der Waals surface area contributed by atoms with Crippen molar-refractivity contribution in [3.05, 3.63) is 41.3 Å². The normalized spacial score (nSPS) is 11.3. The fraction of sp³-hybridized carbons (Fsp3) is 0.154. The van der Waals surface area contributed by atoms with Gasteiger partial charge in [0.2, 0.25) is 0 Å². The van der Waals surface area contributed by atoms with Crippen LogP contribution in [0.5, 0.6) is 0 Å². The van der Waals surface area contributed by atoms with E-state index in [4.69, 9.17) is 11.1 Å². The van der Waals surface area contributed by atoms with Crippen LogP contribution in [0.2, 0.25) is 0 Å². The van der Waals surface area contributed by atoms with Crippen LogP contribution in [-0.4, -0.2) is 19.2 Å². The Bertz CT molecular complexity index is 659. The van der Waals surface area contributed by atoms with Crippen LogP contribution in [0, 0.1) is 5.41 Å². The molecule has 0 fully saturated rings. The second kappa shape index (κ2) is 5.19. The van der Waals surface area contributed by atoms with Crippen molar-refractivity contribution in [2.24, 2.45) is 0 Å². The Labute approximate surface area is 116 Å². The summed E-state index contributed by atoms with van der Waals surface area (Å²) in [5.74, 6) is 0.222. The molecule has 0 bridgehead atoms. The summed E-state index contributed by atoms with van der Waals surface area (Å²) in [4.78, 5) is 0. The summed E-state index contributed by atoms with van der Waals surface area (Å²) in [5.41, 5.74) is 7.17. The summed E-state index contributed by atoms with van der Waals surface area (Å²) in [7, 11) is -2.39. The van der Waals surface area contributed by atoms with E-state index >= 15 is 0 Å². The monoisotopic (exact) mass is 293 g/mol. The van der Waals surface area contributed by atoms with Crippen molar-refractivity contribution >= 4 is 40.3 Å². The largest absolute Gasteiger partial charge is 0.390 e. The minimum Gasteiger partial charge on any atom is -0.390 e. The van der Waals surface area contributed by atoms with E-state index in [0.717, 1.165) is 5.30 Å². The van der Waals surface area contributed by atoms with Crippen LogP contribution in [0.1, 0.15) is 5.56 Å². The highest BCUT2D eigenvalue weighted by Gasteiger charge is 2.17. The van der Waals surface area contributed by atoms with Gasteiger partial charge in [-0.3, -0.25) is 5.41 Å². The Hall–Kier alpha value is -1.58. The van der Waals surface area contributed by atoms with E-state index < -0.39 is 7.14 Å². The summed E-state index contributed by atoms with van der Waals surface area (Å²) < 4.78 is 12.2. The van der Waals surface area contributed by atoms with E-state index in [-0.39, 0.29) is 5.84 Å². The van der Waals surface area contributed by atoms with Crippen molar-refractivity contribution in [3.63, 3.8) is 0 Å². The van der Waals surface area contributed by atoms with Crippen LogP contribution in [-0.2, 0) is 4.57 Å². The molecule has 0 atom stereocenters. The Morgan fingerprint density at radius 3 is 2.58 bits per heavy atom. The van der Waals surface area contributed by atoms with Crippen LogP contribution in [0.25, 0.3) is 0 Å². The van der Waals surface area contributed by atoms with Crippen LogP contribution in [0.15, 0.2) is 35.7 Å². The van der Waals surface area contributed by atoms with Gasteiger partial charge in [0.25, 0.3) is 0 Å². The molecule has 100 valence electrons. The second-order valence-electron chi connectivity index (χ2n) is 4.57. The first-order valence-electron chi connectivity index (χ1n) is 5.73. The lowest BCUT2D eigenvalue weighted by Crippen LogP contribution is -2.18. The molecule has 0 aliphatic carbocycles. The molecule has 2 rings (SSSR count). The van der Waals surface area contributed by atoms with Gasteiger partial charge in [-0.25, -0.2) is 0 Å². The van der Waals surface area contributed by atoms with Crippen molar-refractivity contribution in [2.75, 3.05) is 24.4 Å². The van der Waals surface area contributed by atoms with Gasteiger partial charge < -0.3 is 15.6 Å². The highest BCUT2D eigenvalue weighted by atomic mass is 32.1. The second-order valence-corrected chi connectivity index (χ2v) is 8.70. The predicted octanol–water partition coefficient (Wildman–Crippen LogP) is 3.02. The number of hydrogen-bond acceptors (Lipinski definition) is 4. The Balaban J connectivity index is 2.33. The van der Waals surface area contributed by atoms with Gasteiger partial charge in [-0.05, 0) is 36.9 Å². The van der Waals surface area contributed by atoms with Gasteiger partial charge in [0.05, 0.1) is 16.3 Å². The molecule has 0 aliphatic heterocycles. The van der Waals surface area contributed by atoms with Crippen molar-refractivity contribution in [1.29, 1.82) is 5.41 Å². The Morgan fingerprint density at radius 1 is 1.32 bits per heavy atom. The zero-order valence-corrected chi connectivity index (χ0v) is 12.5. The number of nitrogens with two attached hydrogens (primary N) is 1. The van der Waals surface area contributed by atoms with E-state index in [1.165, 1.54) is 11.3 Å². The van der Waals surface area contributed by atoms with E-state index in [0.29, 0.717) is 16.3 Å². The summed E-state index contributed by atoms with van der Waals surface area (Å²) in [6.07, 6.45) is 0. The first kappa shape index (κ1) is 13.8. The highest BCUT2D eigenvalue weighted by molar-refractivity contribution is 7.70. The number of hydrogen-bond donors (Lipinski definition) is 3. The number of anilines is 2. The Morgan fingerprint density at radius 2 is 2.00 bits per heavy atom. The van der Waals surface area contributed by atoms with Crippen LogP contribution in [0.3, 0.4) is 0 Å². The molecule has 0 spiro atoms. The molecule has 6 heteroatoms. The summed E-state index contributed by atoms with van der Waals surface area (Å²) in [5, 5.41) is 14.2. The zero-order chi connectivity index (χ0) is 14.0. The SMILES string of the molecule is CP(C)(=O)c1ccccc1NC(=N)c1ccsc1N.